The average molecular weight is 256 g/mol. The zero-order valence-electron chi connectivity index (χ0n) is 9.23. The first-order chi connectivity index (χ1) is 8.17. The van der Waals surface area contributed by atoms with Crippen molar-refractivity contribution in [2.45, 2.75) is 0 Å². The molecule has 0 fully saturated rings. The molecule has 1 aromatic carbocycles. The lowest BCUT2D eigenvalue weighted by Crippen LogP contribution is -2.16. The van der Waals surface area contributed by atoms with Crippen molar-refractivity contribution < 1.29 is 9.47 Å². The van der Waals surface area contributed by atoms with Crippen LogP contribution in [0, 0.1) is 0 Å². The van der Waals surface area contributed by atoms with E-state index >= 15 is 0 Å². The molecule has 0 spiro atoms. The molecule has 6 nitrogen and oxygen atoms in total. The van der Waals surface area contributed by atoms with Crippen molar-refractivity contribution in [2.24, 2.45) is 0 Å². The predicted molar refractivity (Wildman–Crippen MR) is 62.3 cm³/mol. The maximum Gasteiger partial charge on any atom is 0.347 e. The largest absolute Gasteiger partial charge is 0.495 e. The van der Waals surface area contributed by atoms with E-state index in [2.05, 4.69) is 10.1 Å². The second-order valence-electron chi connectivity index (χ2n) is 3.16. The number of hydrogen-bond acceptors (Lipinski definition) is 4. The molecule has 0 aliphatic rings. The number of nitrogens with zero attached hydrogens (tertiary/aromatic N) is 2. The number of H-pyrrole nitrogens is 1. The summed E-state index contributed by atoms with van der Waals surface area (Å²) in [6, 6.07) is 3.15. The number of rotatable bonds is 3. The van der Waals surface area contributed by atoms with Gasteiger partial charge < -0.3 is 9.47 Å². The highest BCUT2D eigenvalue weighted by molar-refractivity contribution is 6.32. The Morgan fingerprint density at radius 2 is 2.00 bits per heavy atom. The fraction of sp³-hybridized carbons (Fsp3) is 0.200. The van der Waals surface area contributed by atoms with Crippen LogP contribution < -0.4 is 15.2 Å². The maximum absolute atomic E-state index is 11.5. The second kappa shape index (κ2) is 4.50. The van der Waals surface area contributed by atoms with Gasteiger partial charge in [0.2, 0.25) is 0 Å². The van der Waals surface area contributed by atoms with Crippen molar-refractivity contribution in [3.63, 3.8) is 0 Å². The van der Waals surface area contributed by atoms with Gasteiger partial charge in [0.05, 0.1) is 19.2 Å². The van der Waals surface area contributed by atoms with Crippen LogP contribution in [0.1, 0.15) is 0 Å². The Kier molecular flexibility index (Phi) is 3.06. The molecule has 1 heterocycles. The van der Waals surface area contributed by atoms with E-state index in [4.69, 9.17) is 21.1 Å². The van der Waals surface area contributed by atoms with Gasteiger partial charge in [-0.1, -0.05) is 11.6 Å². The predicted octanol–water partition coefficient (Wildman–Crippen LogP) is 1.23. The minimum atomic E-state index is -0.371. The molecule has 0 bridgehead atoms. The lowest BCUT2D eigenvalue weighted by atomic mass is 10.2. The summed E-state index contributed by atoms with van der Waals surface area (Å²) < 4.78 is 11.4. The van der Waals surface area contributed by atoms with Gasteiger partial charge in [-0.05, 0) is 6.07 Å². The highest BCUT2D eigenvalue weighted by atomic mass is 35.5. The van der Waals surface area contributed by atoms with Gasteiger partial charge in [-0.2, -0.15) is 9.78 Å². The van der Waals surface area contributed by atoms with E-state index in [1.54, 1.807) is 12.1 Å². The lowest BCUT2D eigenvalue weighted by molar-refractivity contribution is 0.392. The molecule has 0 aliphatic carbocycles. The van der Waals surface area contributed by atoms with Crippen LogP contribution in [0.3, 0.4) is 0 Å². The van der Waals surface area contributed by atoms with Crippen molar-refractivity contribution >= 4 is 11.6 Å². The Morgan fingerprint density at radius 3 is 2.53 bits per heavy atom. The fourth-order valence-corrected chi connectivity index (χ4v) is 1.67. The summed E-state index contributed by atoms with van der Waals surface area (Å²) in [5.41, 5.74) is 0.0779. The molecule has 1 aromatic heterocycles. The Morgan fingerprint density at radius 1 is 1.29 bits per heavy atom. The molecule has 0 amide bonds. The van der Waals surface area contributed by atoms with Gasteiger partial charge in [-0.25, -0.2) is 4.79 Å². The Labute approximate surface area is 102 Å². The van der Waals surface area contributed by atoms with E-state index in [0.717, 1.165) is 4.68 Å². The average Bonchev–Trinajstić information content (AvgIpc) is 2.75. The standard InChI is InChI=1S/C10H10ClN3O3/c1-16-8-4-9(17-2)7(3-6(8)11)14-10(15)12-5-13-14/h3-5H,1-2H3,(H,12,13,15). The first kappa shape index (κ1) is 11.5. The normalized spacial score (nSPS) is 10.3. The minimum absolute atomic E-state index is 0.371. The molecule has 17 heavy (non-hydrogen) atoms. The molecule has 2 rings (SSSR count). The molecular weight excluding hydrogens is 246 g/mol. The van der Waals surface area contributed by atoms with E-state index in [9.17, 15) is 4.79 Å². The summed E-state index contributed by atoms with van der Waals surface area (Å²) >= 11 is 5.99. The van der Waals surface area contributed by atoms with Crippen molar-refractivity contribution in [3.05, 3.63) is 34.0 Å². The molecule has 7 heteroatoms. The van der Waals surface area contributed by atoms with Crippen LogP contribution in [-0.2, 0) is 0 Å². The number of halogens is 1. The first-order valence-electron chi connectivity index (χ1n) is 4.72. The second-order valence-corrected chi connectivity index (χ2v) is 3.57. The van der Waals surface area contributed by atoms with Gasteiger partial charge in [0.25, 0.3) is 0 Å². The van der Waals surface area contributed by atoms with Crippen LogP contribution in [0.25, 0.3) is 5.69 Å². The summed E-state index contributed by atoms with van der Waals surface area (Å²) in [6.07, 6.45) is 1.29. The number of nitrogens with one attached hydrogen (secondary N) is 1. The smallest absolute Gasteiger partial charge is 0.347 e. The summed E-state index contributed by atoms with van der Waals surface area (Å²) in [4.78, 5) is 13.9. The van der Waals surface area contributed by atoms with Crippen LogP contribution in [0.5, 0.6) is 11.5 Å². The van der Waals surface area contributed by atoms with Crippen LogP contribution in [0.2, 0.25) is 5.02 Å². The van der Waals surface area contributed by atoms with Gasteiger partial charge >= 0.3 is 5.69 Å². The van der Waals surface area contributed by atoms with E-state index in [1.165, 1.54) is 20.5 Å². The van der Waals surface area contributed by atoms with Crippen molar-refractivity contribution in [3.8, 4) is 17.2 Å². The zero-order chi connectivity index (χ0) is 12.4. The summed E-state index contributed by atoms with van der Waals surface area (Å²) in [5, 5.41) is 4.23. The first-order valence-corrected chi connectivity index (χ1v) is 5.09. The number of methoxy groups -OCH3 is 2. The molecule has 1 N–H and O–H groups in total. The maximum atomic E-state index is 11.5. The van der Waals surface area contributed by atoms with E-state index in [0.29, 0.717) is 22.2 Å². The van der Waals surface area contributed by atoms with Crippen molar-refractivity contribution in [2.75, 3.05) is 14.2 Å². The van der Waals surface area contributed by atoms with E-state index in [1.807, 2.05) is 0 Å². The van der Waals surface area contributed by atoms with Crippen LogP contribution in [-0.4, -0.2) is 29.0 Å². The highest BCUT2D eigenvalue weighted by Crippen LogP contribution is 2.33. The monoisotopic (exact) mass is 255 g/mol. The lowest BCUT2D eigenvalue weighted by Gasteiger charge is -2.10. The van der Waals surface area contributed by atoms with Gasteiger partial charge in [-0.15, -0.1) is 0 Å². The molecule has 0 unspecified atom stereocenters. The third-order valence-electron chi connectivity index (χ3n) is 2.24. The Balaban J connectivity index is 2.66. The molecular formula is C10H10ClN3O3. The third kappa shape index (κ3) is 1.99. The van der Waals surface area contributed by atoms with Gasteiger partial charge in [0, 0.05) is 6.07 Å². The number of hydrogen-bond donors (Lipinski definition) is 1. The van der Waals surface area contributed by atoms with Gasteiger partial charge in [0.15, 0.2) is 0 Å². The topological polar surface area (TPSA) is 69.1 Å². The molecule has 0 radical (unpaired) electrons. The summed E-state index contributed by atoms with van der Waals surface area (Å²) in [5.74, 6) is 0.913. The van der Waals surface area contributed by atoms with E-state index < -0.39 is 0 Å². The number of ether oxygens (including phenoxy) is 2. The number of aromatic amines is 1. The van der Waals surface area contributed by atoms with Crippen LogP contribution >= 0.6 is 11.6 Å². The quantitative estimate of drug-likeness (QED) is 0.896. The highest BCUT2D eigenvalue weighted by Gasteiger charge is 2.13. The molecule has 2 aromatic rings. The van der Waals surface area contributed by atoms with Crippen LogP contribution in [0.4, 0.5) is 0 Å². The summed E-state index contributed by atoms with van der Waals surface area (Å²) in [6.45, 7) is 0. The SMILES string of the molecule is COc1cc(OC)c(-n2nc[nH]c2=O)cc1Cl. The van der Waals surface area contributed by atoms with Crippen molar-refractivity contribution in [1.82, 2.24) is 14.8 Å². The molecule has 0 saturated carbocycles. The van der Waals surface area contributed by atoms with Gasteiger partial charge in [-0.3, -0.25) is 4.98 Å². The Bertz CT molecular complexity index is 591. The minimum Gasteiger partial charge on any atom is -0.495 e. The number of benzene rings is 1. The molecule has 0 aliphatic heterocycles. The summed E-state index contributed by atoms with van der Waals surface area (Å²) in [7, 11) is 2.99. The fourth-order valence-electron chi connectivity index (χ4n) is 1.44. The number of aromatic nitrogens is 3. The molecule has 0 atom stereocenters. The Hall–Kier alpha value is -1.95. The molecule has 0 saturated heterocycles. The van der Waals surface area contributed by atoms with E-state index in [-0.39, 0.29) is 5.69 Å². The van der Waals surface area contributed by atoms with Gasteiger partial charge in [0.1, 0.15) is 23.5 Å². The van der Waals surface area contributed by atoms with Crippen molar-refractivity contribution in [1.29, 1.82) is 0 Å². The third-order valence-corrected chi connectivity index (χ3v) is 2.53. The van der Waals surface area contributed by atoms with Crippen LogP contribution in [0.15, 0.2) is 23.3 Å². The zero-order valence-corrected chi connectivity index (χ0v) is 9.99. The molecule has 90 valence electrons.